The highest BCUT2D eigenvalue weighted by Crippen LogP contribution is 2.07. The second kappa shape index (κ2) is 13.0. The molecule has 1 aromatic rings. The Morgan fingerprint density at radius 1 is 0.912 bits per heavy atom. The number of nitrogens with one attached hydrogen (secondary N) is 4. The summed E-state index contributed by atoms with van der Waals surface area (Å²) in [6.07, 6.45) is -0.0914. The number of amides is 4. The molecular weight excluding hydrogens is 436 g/mol. The lowest BCUT2D eigenvalue weighted by atomic mass is 10.1. The lowest BCUT2D eigenvalue weighted by molar-refractivity contribution is -0.132. The van der Waals surface area contributed by atoms with E-state index in [-0.39, 0.29) is 31.2 Å². The zero-order valence-corrected chi connectivity index (χ0v) is 21.4. The van der Waals surface area contributed by atoms with Crippen LogP contribution in [0.5, 0.6) is 0 Å². The van der Waals surface area contributed by atoms with Gasteiger partial charge in [0, 0.05) is 24.5 Å². The van der Waals surface area contributed by atoms with E-state index < -0.39 is 35.2 Å². The van der Waals surface area contributed by atoms with Gasteiger partial charge in [-0.05, 0) is 60.5 Å². The summed E-state index contributed by atoms with van der Waals surface area (Å²) in [5.41, 5.74) is -0.0995. The van der Waals surface area contributed by atoms with E-state index in [0.717, 1.165) is 5.56 Å². The Labute approximate surface area is 202 Å². The van der Waals surface area contributed by atoms with Crippen LogP contribution in [0.25, 0.3) is 0 Å². The topological polar surface area (TPSA) is 126 Å². The van der Waals surface area contributed by atoms with Crippen LogP contribution in [0.15, 0.2) is 30.3 Å². The van der Waals surface area contributed by atoms with E-state index in [1.165, 1.54) is 0 Å². The van der Waals surface area contributed by atoms with Crippen LogP contribution < -0.4 is 21.3 Å². The molecule has 0 aliphatic heterocycles. The Morgan fingerprint density at radius 2 is 1.53 bits per heavy atom. The molecule has 0 heterocycles. The number of aryl methyl sites for hydroxylation is 1. The molecule has 0 aliphatic rings. The predicted molar refractivity (Wildman–Crippen MR) is 131 cm³/mol. The first-order valence-electron chi connectivity index (χ1n) is 11.6. The third kappa shape index (κ3) is 13.4. The van der Waals surface area contributed by atoms with Gasteiger partial charge in [-0.2, -0.15) is 0 Å². The van der Waals surface area contributed by atoms with E-state index in [1.807, 2.05) is 51.1 Å². The first-order valence-corrected chi connectivity index (χ1v) is 11.6. The Balaban J connectivity index is 2.71. The van der Waals surface area contributed by atoms with Gasteiger partial charge in [0.25, 0.3) is 0 Å². The summed E-state index contributed by atoms with van der Waals surface area (Å²) in [5, 5.41) is 10.8. The largest absolute Gasteiger partial charge is 0.444 e. The molecule has 0 bridgehead atoms. The van der Waals surface area contributed by atoms with Gasteiger partial charge in [-0.15, -0.1) is 0 Å². The normalized spacial score (nSPS) is 13.3. The van der Waals surface area contributed by atoms with Crippen molar-refractivity contribution in [2.75, 3.05) is 6.54 Å². The van der Waals surface area contributed by atoms with Gasteiger partial charge < -0.3 is 26.0 Å². The highest BCUT2D eigenvalue weighted by Gasteiger charge is 2.27. The molecule has 190 valence electrons. The van der Waals surface area contributed by atoms with Crippen molar-refractivity contribution in [2.24, 2.45) is 0 Å². The minimum Gasteiger partial charge on any atom is -0.444 e. The summed E-state index contributed by atoms with van der Waals surface area (Å²) in [5.74, 6) is -1.18. The maximum atomic E-state index is 12.9. The molecule has 0 aliphatic carbocycles. The molecule has 0 saturated heterocycles. The van der Waals surface area contributed by atoms with Crippen molar-refractivity contribution in [1.82, 2.24) is 21.3 Å². The maximum absolute atomic E-state index is 12.9. The fourth-order valence-corrected chi connectivity index (χ4v) is 2.98. The predicted octanol–water partition coefficient (Wildman–Crippen LogP) is 2.44. The quantitative estimate of drug-likeness (QED) is 0.413. The average molecular weight is 477 g/mol. The van der Waals surface area contributed by atoms with Crippen molar-refractivity contribution >= 4 is 23.8 Å². The van der Waals surface area contributed by atoms with Gasteiger partial charge in [-0.1, -0.05) is 30.3 Å². The van der Waals surface area contributed by atoms with Crippen molar-refractivity contribution in [1.29, 1.82) is 0 Å². The van der Waals surface area contributed by atoms with Crippen LogP contribution in [-0.4, -0.2) is 53.6 Å². The minimum absolute atomic E-state index is 0.128. The minimum atomic E-state index is -1.05. The molecule has 9 heteroatoms. The molecule has 0 fully saturated rings. The Hall–Kier alpha value is -3.10. The van der Waals surface area contributed by atoms with Crippen molar-refractivity contribution < 1.29 is 23.9 Å². The van der Waals surface area contributed by atoms with Gasteiger partial charge in [0.15, 0.2) is 0 Å². The Bertz CT molecular complexity index is 828. The van der Waals surface area contributed by atoms with Crippen LogP contribution in [0.1, 0.15) is 66.9 Å². The van der Waals surface area contributed by atoms with Gasteiger partial charge in [0.2, 0.25) is 17.7 Å². The third-order valence-electron chi connectivity index (χ3n) is 4.38. The first-order chi connectivity index (χ1) is 15.6. The number of carbonyl (C=O) groups is 4. The molecule has 9 nitrogen and oxygen atoms in total. The third-order valence-corrected chi connectivity index (χ3v) is 4.38. The van der Waals surface area contributed by atoms with Gasteiger partial charge in [0.05, 0.1) is 6.42 Å². The van der Waals surface area contributed by atoms with Crippen LogP contribution in [0.3, 0.4) is 0 Å². The molecule has 0 spiro atoms. The van der Waals surface area contributed by atoms with Crippen LogP contribution in [0.2, 0.25) is 0 Å². The monoisotopic (exact) mass is 476 g/mol. The molecule has 2 atom stereocenters. The summed E-state index contributed by atoms with van der Waals surface area (Å²) in [6.45, 7) is 12.6. The molecule has 0 aromatic heterocycles. The van der Waals surface area contributed by atoms with Gasteiger partial charge in [-0.25, -0.2) is 4.79 Å². The SMILES string of the molecule is CC(CNC(=O)OC(C)(C)C)NC(=O)[C@H](CC(=O)NC(C)(C)C)NC(=O)CCc1ccccc1. The summed E-state index contributed by atoms with van der Waals surface area (Å²) in [6, 6.07) is 8.04. The number of rotatable bonds is 10. The number of benzene rings is 1. The number of ether oxygens (including phenoxy) is 1. The molecule has 1 rings (SSSR count). The van der Waals surface area contributed by atoms with Crippen LogP contribution in [0, 0.1) is 0 Å². The number of hydrogen-bond acceptors (Lipinski definition) is 5. The van der Waals surface area contributed by atoms with Crippen molar-refractivity contribution in [2.45, 2.75) is 91.0 Å². The highest BCUT2D eigenvalue weighted by atomic mass is 16.6. The highest BCUT2D eigenvalue weighted by molar-refractivity contribution is 5.92. The second-order valence-corrected chi connectivity index (χ2v) is 10.4. The summed E-state index contributed by atoms with van der Waals surface area (Å²) >= 11 is 0. The summed E-state index contributed by atoms with van der Waals surface area (Å²) in [4.78, 5) is 49.7. The molecule has 4 amide bonds. The van der Waals surface area contributed by atoms with E-state index in [0.29, 0.717) is 6.42 Å². The number of carbonyl (C=O) groups excluding carboxylic acids is 4. The summed E-state index contributed by atoms with van der Waals surface area (Å²) in [7, 11) is 0. The van der Waals surface area contributed by atoms with Crippen molar-refractivity contribution in [3.05, 3.63) is 35.9 Å². The molecule has 0 radical (unpaired) electrons. The zero-order chi connectivity index (χ0) is 25.9. The Kier molecular flexibility index (Phi) is 11.0. The molecular formula is C25H40N4O5. The van der Waals surface area contributed by atoms with Gasteiger partial charge >= 0.3 is 6.09 Å². The molecule has 4 N–H and O–H groups in total. The van der Waals surface area contributed by atoms with E-state index in [2.05, 4.69) is 21.3 Å². The van der Waals surface area contributed by atoms with Crippen LogP contribution >= 0.6 is 0 Å². The smallest absolute Gasteiger partial charge is 0.407 e. The van der Waals surface area contributed by atoms with Crippen molar-refractivity contribution in [3.8, 4) is 0 Å². The van der Waals surface area contributed by atoms with E-state index in [4.69, 9.17) is 4.74 Å². The molecule has 1 unspecified atom stereocenters. The summed E-state index contributed by atoms with van der Waals surface area (Å²) < 4.78 is 5.18. The fourth-order valence-electron chi connectivity index (χ4n) is 2.98. The average Bonchev–Trinajstić information content (AvgIpc) is 2.68. The molecule has 0 saturated carbocycles. The van der Waals surface area contributed by atoms with Gasteiger partial charge in [-0.3, -0.25) is 14.4 Å². The fraction of sp³-hybridized carbons (Fsp3) is 0.600. The molecule has 1 aromatic carbocycles. The van der Waals surface area contributed by atoms with Crippen LogP contribution in [0.4, 0.5) is 4.79 Å². The lowest BCUT2D eigenvalue weighted by Crippen LogP contribution is -2.54. The lowest BCUT2D eigenvalue weighted by Gasteiger charge is -2.25. The van der Waals surface area contributed by atoms with E-state index >= 15 is 0 Å². The second-order valence-electron chi connectivity index (χ2n) is 10.4. The maximum Gasteiger partial charge on any atom is 0.407 e. The molecule has 34 heavy (non-hydrogen) atoms. The Morgan fingerprint density at radius 3 is 2.09 bits per heavy atom. The number of hydrogen-bond donors (Lipinski definition) is 4. The first kappa shape index (κ1) is 28.9. The van der Waals surface area contributed by atoms with E-state index in [9.17, 15) is 19.2 Å². The number of alkyl carbamates (subject to hydrolysis) is 1. The van der Waals surface area contributed by atoms with Crippen LogP contribution in [-0.2, 0) is 25.5 Å². The van der Waals surface area contributed by atoms with E-state index in [1.54, 1.807) is 27.7 Å². The van der Waals surface area contributed by atoms with Crippen molar-refractivity contribution in [3.63, 3.8) is 0 Å². The zero-order valence-electron chi connectivity index (χ0n) is 21.4. The van der Waals surface area contributed by atoms with Gasteiger partial charge in [0.1, 0.15) is 11.6 Å². The standard InChI is InChI=1S/C25H40N4O5/c1-17(16-26-23(33)34-25(5,6)7)27-22(32)19(15-21(31)29-24(2,3)4)28-20(30)14-13-18-11-9-8-10-12-18/h8-12,17,19H,13-16H2,1-7H3,(H,26,33)(H,27,32)(H,28,30)(H,29,31)/t17?,19-/m0/s1.